The molecule has 0 fully saturated rings. The van der Waals surface area contributed by atoms with Crippen LogP contribution in [0.4, 0.5) is 0 Å². The number of allylic oxidation sites excluding steroid dienone is 1. The minimum absolute atomic E-state index is 0.165. The fourth-order valence-corrected chi connectivity index (χ4v) is 3.51. The molecular formula is C22H20N2O4. The number of para-hydroxylation sites is 1. The summed E-state index contributed by atoms with van der Waals surface area (Å²) in [6, 6.07) is 11.4. The van der Waals surface area contributed by atoms with Gasteiger partial charge in [-0.15, -0.1) is 0 Å². The summed E-state index contributed by atoms with van der Waals surface area (Å²) in [5, 5.41) is 1.06. The molecule has 0 atom stereocenters. The topological polar surface area (TPSA) is 83.5 Å². The Hall–Kier alpha value is -3.54. The number of carbonyl (C=O) groups excluding carboxylic acids is 2. The summed E-state index contributed by atoms with van der Waals surface area (Å²) in [6.07, 6.45) is 3.80. The van der Waals surface area contributed by atoms with Gasteiger partial charge in [0.2, 0.25) is 5.78 Å². The maximum atomic E-state index is 12.9. The summed E-state index contributed by atoms with van der Waals surface area (Å²) in [5.41, 5.74) is 8.39. The fraction of sp³-hybridized carbons (Fsp3) is 0.182. The summed E-state index contributed by atoms with van der Waals surface area (Å²) in [4.78, 5) is 23.8. The maximum absolute atomic E-state index is 12.9. The summed E-state index contributed by atoms with van der Waals surface area (Å²) in [5.74, 6) is 0.399. The van der Waals surface area contributed by atoms with Crippen molar-refractivity contribution < 1.29 is 19.1 Å². The number of rotatable bonds is 5. The highest BCUT2D eigenvalue weighted by molar-refractivity contribution is 6.16. The van der Waals surface area contributed by atoms with E-state index in [2.05, 4.69) is 17.6 Å². The molecule has 1 aliphatic rings. The fourth-order valence-electron chi connectivity index (χ4n) is 3.51. The number of benzene rings is 2. The van der Waals surface area contributed by atoms with Gasteiger partial charge in [0.05, 0.1) is 5.56 Å². The second-order valence-corrected chi connectivity index (χ2v) is 6.70. The van der Waals surface area contributed by atoms with E-state index in [9.17, 15) is 9.59 Å². The predicted molar refractivity (Wildman–Crippen MR) is 106 cm³/mol. The van der Waals surface area contributed by atoms with Gasteiger partial charge in [-0.2, -0.15) is 0 Å². The lowest BCUT2D eigenvalue weighted by Gasteiger charge is -2.07. The number of aryl methyl sites for hydroxylation is 2. The first-order valence-electron chi connectivity index (χ1n) is 9.05. The number of carbonyl (C=O) groups is 2. The average molecular weight is 376 g/mol. The Labute approximate surface area is 162 Å². The molecule has 6 nitrogen and oxygen atoms in total. The third-order valence-corrected chi connectivity index (χ3v) is 4.77. The van der Waals surface area contributed by atoms with E-state index in [1.165, 1.54) is 0 Å². The second kappa shape index (κ2) is 6.88. The summed E-state index contributed by atoms with van der Waals surface area (Å²) < 4.78 is 13.3. The number of nitrogens with zero attached hydrogens (tertiary/aromatic N) is 1. The van der Waals surface area contributed by atoms with Gasteiger partial charge in [-0.25, -0.2) is 0 Å². The number of fused-ring (bicyclic) bond motifs is 2. The van der Waals surface area contributed by atoms with Gasteiger partial charge < -0.3 is 19.8 Å². The van der Waals surface area contributed by atoms with Crippen LogP contribution in [0.5, 0.6) is 11.5 Å². The molecule has 2 aromatic carbocycles. The molecule has 0 radical (unpaired) electrons. The Kier molecular flexibility index (Phi) is 4.39. The maximum Gasteiger partial charge on any atom is 0.255 e. The molecule has 1 aliphatic heterocycles. The van der Waals surface area contributed by atoms with E-state index < -0.39 is 5.91 Å². The van der Waals surface area contributed by atoms with Gasteiger partial charge in [-0.3, -0.25) is 9.59 Å². The molecule has 0 spiro atoms. The van der Waals surface area contributed by atoms with Gasteiger partial charge in [-0.1, -0.05) is 18.2 Å². The van der Waals surface area contributed by atoms with Crippen molar-refractivity contribution in [2.75, 3.05) is 6.61 Å². The quantitative estimate of drug-likeness (QED) is 0.692. The Morgan fingerprint density at radius 3 is 2.82 bits per heavy atom. The molecule has 142 valence electrons. The van der Waals surface area contributed by atoms with Crippen molar-refractivity contribution in [3.63, 3.8) is 0 Å². The highest BCUT2D eigenvalue weighted by atomic mass is 16.5. The highest BCUT2D eigenvalue weighted by Gasteiger charge is 2.30. The number of ether oxygens (including phenoxy) is 2. The smallest absolute Gasteiger partial charge is 0.255 e. The van der Waals surface area contributed by atoms with E-state index in [1.807, 2.05) is 31.3 Å². The summed E-state index contributed by atoms with van der Waals surface area (Å²) in [6.45, 7) is 4.49. The molecule has 1 aromatic heterocycles. The van der Waals surface area contributed by atoms with Crippen LogP contribution in [-0.4, -0.2) is 22.9 Å². The van der Waals surface area contributed by atoms with Crippen LogP contribution in [0.2, 0.25) is 0 Å². The SMILES string of the molecule is CCn1cc(/C=C2\Oc3cc(OCC(N)=O)cc(C)c3C2=O)c2ccccc21. The standard InChI is InChI=1S/C22H20N2O4/c1-3-24-11-14(16-6-4-5-7-17(16)24)9-19-22(26)21-13(2)8-15(10-18(21)28-19)27-12-20(23)25/h4-11H,3,12H2,1-2H3,(H2,23,25)/b19-9-. The largest absolute Gasteiger partial charge is 0.484 e. The lowest BCUT2D eigenvalue weighted by molar-refractivity contribution is -0.119. The molecule has 0 bridgehead atoms. The monoisotopic (exact) mass is 376 g/mol. The van der Waals surface area contributed by atoms with E-state index in [0.29, 0.717) is 17.1 Å². The number of amides is 1. The Morgan fingerprint density at radius 1 is 1.29 bits per heavy atom. The van der Waals surface area contributed by atoms with E-state index in [4.69, 9.17) is 15.2 Å². The Balaban J connectivity index is 1.72. The Morgan fingerprint density at radius 2 is 2.07 bits per heavy atom. The second-order valence-electron chi connectivity index (χ2n) is 6.70. The van der Waals surface area contributed by atoms with Crippen molar-refractivity contribution in [2.45, 2.75) is 20.4 Å². The van der Waals surface area contributed by atoms with Crippen LogP contribution in [0.25, 0.3) is 17.0 Å². The minimum Gasteiger partial charge on any atom is -0.484 e. The Bertz CT molecular complexity index is 1140. The van der Waals surface area contributed by atoms with Gasteiger partial charge in [0.25, 0.3) is 5.91 Å². The van der Waals surface area contributed by atoms with Gasteiger partial charge in [0.1, 0.15) is 11.5 Å². The van der Waals surface area contributed by atoms with Gasteiger partial charge in [-0.05, 0) is 37.6 Å². The van der Waals surface area contributed by atoms with Gasteiger partial charge >= 0.3 is 0 Å². The van der Waals surface area contributed by atoms with Crippen LogP contribution < -0.4 is 15.2 Å². The molecule has 0 saturated carbocycles. The predicted octanol–water partition coefficient (Wildman–Crippen LogP) is 3.45. The third kappa shape index (κ3) is 3.03. The van der Waals surface area contributed by atoms with E-state index >= 15 is 0 Å². The first kappa shape index (κ1) is 17.9. The number of nitrogens with two attached hydrogens (primary N) is 1. The van der Waals surface area contributed by atoms with Crippen LogP contribution >= 0.6 is 0 Å². The minimum atomic E-state index is -0.567. The molecule has 4 rings (SSSR count). The van der Waals surface area contributed by atoms with Crippen molar-refractivity contribution in [1.82, 2.24) is 4.57 Å². The van der Waals surface area contributed by atoms with E-state index in [1.54, 1.807) is 18.2 Å². The third-order valence-electron chi connectivity index (χ3n) is 4.77. The average Bonchev–Trinajstić information content (AvgIpc) is 3.18. The molecule has 1 amide bonds. The van der Waals surface area contributed by atoms with Crippen LogP contribution in [0.15, 0.2) is 48.4 Å². The highest BCUT2D eigenvalue weighted by Crippen LogP contribution is 2.38. The molecule has 0 unspecified atom stereocenters. The van der Waals surface area contributed by atoms with E-state index in [0.717, 1.165) is 28.6 Å². The number of hydrogen-bond donors (Lipinski definition) is 1. The summed E-state index contributed by atoms with van der Waals surface area (Å²) >= 11 is 0. The van der Waals surface area contributed by atoms with Crippen molar-refractivity contribution >= 4 is 28.7 Å². The zero-order valence-electron chi connectivity index (χ0n) is 15.7. The van der Waals surface area contributed by atoms with Gasteiger partial charge in [0.15, 0.2) is 12.4 Å². The lowest BCUT2D eigenvalue weighted by atomic mass is 10.0. The van der Waals surface area contributed by atoms with Crippen molar-refractivity contribution in [2.24, 2.45) is 5.73 Å². The number of primary amides is 1. The molecule has 0 aliphatic carbocycles. The van der Waals surface area contributed by atoms with Gasteiger partial charge in [0, 0.05) is 35.3 Å². The molecule has 3 aromatic rings. The molecule has 2 heterocycles. The van der Waals surface area contributed by atoms with Crippen LogP contribution in [0.3, 0.4) is 0 Å². The van der Waals surface area contributed by atoms with Crippen molar-refractivity contribution in [1.29, 1.82) is 0 Å². The first-order chi connectivity index (χ1) is 13.5. The molecule has 2 N–H and O–H groups in total. The molecule has 0 saturated heterocycles. The number of ketones is 1. The van der Waals surface area contributed by atoms with Crippen LogP contribution in [-0.2, 0) is 11.3 Å². The van der Waals surface area contributed by atoms with Crippen LogP contribution in [0.1, 0.15) is 28.4 Å². The number of Topliss-reactive ketones (excluding diaryl/α,β-unsaturated/α-hetero) is 1. The van der Waals surface area contributed by atoms with Crippen molar-refractivity contribution in [3.05, 3.63) is 65.0 Å². The zero-order chi connectivity index (χ0) is 19.8. The van der Waals surface area contributed by atoms with Crippen LogP contribution in [0, 0.1) is 6.92 Å². The molecule has 6 heteroatoms. The number of aromatic nitrogens is 1. The molecule has 28 heavy (non-hydrogen) atoms. The first-order valence-corrected chi connectivity index (χ1v) is 9.05. The lowest BCUT2D eigenvalue weighted by Crippen LogP contribution is -2.20. The normalized spacial score (nSPS) is 14.4. The molecular weight excluding hydrogens is 356 g/mol. The van der Waals surface area contributed by atoms with Crippen molar-refractivity contribution in [3.8, 4) is 11.5 Å². The summed E-state index contributed by atoms with van der Waals surface area (Å²) in [7, 11) is 0. The number of hydrogen-bond acceptors (Lipinski definition) is 4. The zero-order valence-corrected chi connectivity index (χ0v) is 15.7. The van der Waals surface area contributed by atoms with E-state index in [-0.39, 0.29) is 18.1 Å².